The molecule has 0 atom stereocenters. The van der Waals surface area contributed by atoms with E-state index in [4.69, 9.17) is 4.98 Å². The van der Waals surface area contributed by atoms with Crippen LogP contribution >= 0.6 is 0 Å². The van der Waals surface area contributed by atoms with E-state index in [9.17, 15) is 9.90 Å². The molecular weight excluding hydrogens is 286 g/mol. The minimum atomic E-state index is -0.839. The minimum Gasteiger partial charge on any atom is -0.478 e. The topological polar surface area (TPSA) is 50.2 Å². The molecule has 1 aromatic carbocycles. The van der Waals surface area contributed by atoms with Gasteiger partial charge in [-0.3, -0.25) is 4.98 Å². The van der Waals surface area contributed by atoms with Crippen molar-refractivity contribution in [2.75, 3.05) is 0 Å². The standard InChI is InChI=1S/C20H21NO2/c22-20(23)16-10-18(21-17-4-2-1-3-15(16)17)19-13-6-11-5-12(8-13)9-14(19)7-11/h1-4,10-14,19H,5-9H2,(H,22,23). The number of benzene rings is 1. The van der Waals surface area contributed by atoms with Crippen LogP contribution in [0.3, 0.4) is 0 Å². The van der Waals surface area contributed by atoms with Crippen LogP contribution in [0.4, 0.5) is 0 Å². The molecule has 0 aliphatic heterocycles. The normalized spacial score (nSPS) is 34.9. The summed E-state index contributed by atoms with van der Waals surface area (Å²) in [5.41, 5.74) is 2.28. The quantitative estimate of drug-likeness (QED) is 0.890. The van der Waals surface area contributed by atoms with Crippen molar-refractivity contribution in [3.63, 3.8) is 0 Å². The van der Waals surface area contributed by atoms with Gasteiger partial charge in [0.1, 0.15) is 0 Å². The number of fused-ring (bicyclic) bond motifs is 1. The van der Waals surface area contributed by atoms with Crippen LogP contribution in [0.25, 0.3) is 10.9 Å². The van der Waals surface area contributed by atoms with Gasteiger partial charge in [0.15, 0.2) is 0 Å². The molecule has 4 saturated carbocycles. The fourth-order valence-electron chi connectivity index (χ4n) is 5.95. The molecule has 4 aliphatic rings. The molecule has 3 nitrogen and oxygen atoms in total. The van der Waals surface area contributed by atoms with Gasteiger partial charge >= 0.3 is 5.97 Å². The van der Waals surface area contributed by atoms with Crippen molar-refractivity contribution in [1.82, 2.24) is 4.98 Å². The summed E-state index contributed by atoms with van der Waals surface area (Å²) in [6.45, 7) is 0. The number of carbonyl (C=O) groups is 1. The smallest absolute Gasteiger partial charge is 0.336 e. The number of hydrogen-bond acceptors (Lipinski definition) is 2. The Balaban J connectivity index is 1.64. The molecule has 4 aliphatic carbocycles. The lowest BCUT2D eigenvalue weighted by Crippen LogP contribution is -2.44. The van der Waals surface area contributed by atoms with E-state index in [1.165, 1.54) is 32.1 Å². The second-order valence-electron chi connectivity index (χ2n) is 7.87. The maximum Gasteiger partial charge on any atom is 0.336 e. The monoisotopic (exact) mass is 307 g/mol. The second-order valence-corrected chi connectivity index (χ2v) is 7.87. The highest BCUT2D eigenvalue weighted by atomic mass is 16.4. The molecule has 2 aromatic rings. The van der Waals surface area contributed by atoms with Crippen LogP contribution in [0.15, 0.2) is 30.3 Å². The predicted molar refractivity (Wildman–Crippen MR) is 88.5 cm³/mol. The van der Waals surface area contributed by atoms with Crippen LogP contribution in [0.2, 0.25) is 0 Å². The summed E-state index contributed by atoms with van der Waals surface area (Å²) in [5.74, 6) is 2.93. The van der Waals surface area contributed by atoms with Gasteiger partial charge in [0.2, 0.25) is 0 Å². The number of carboxylic acid groups (broad SMARTS) is 1. The summed E-state index contributed by atoms with van der Waals surface area (Å²) in [5, 5.41) is 10.4. The van der Waals surface area contributed by atoms with Crippen LogP contribution in [0.1, 0.15) is 54.1 Å². The predicted octanol–water partition coefficient (Wildman–Crippen LogP) is 4.47. The lowest BCUT2D eigenvalue weighted by atomic mass is 9.51. The van der Waals surface area contributed by atoms with Crippen molar-refractivity contribution >= 4 is 16.9 Å². The molecule has 0 spiro atoms. The second kappa shape index (κ2) is 4.80. The molecule has 1 heterocycles. The maximum absolute atomic E-state index is 11.7. The Labute approximate surface area is 135 Å². The van der Waals surface area contributed by atoms with Gasteiger partial charge in [-0.25, -0.2) is 4.79 Å². The van der Waals surface area contributed by atoms with E-state index in [2.05, 4.69) is 0 Å². The Morgan fingerprint density at radius 1 is 1.00 bits per heavy atom. The number of nitrogens with zero attached hydrogens (tertiary/aromatic N) is 1. The number of para-hydroxylation sites is 1. The van der Waals surface area contributed by atoms with E-state index < -0.39 is 5.97 Å². The van der Waals surface area contributed by atoms with Crippen LogP contribution in [0, 0.1) is 23.7 Å². The highest BCUT2D eigenvalue weighted by Gasteiger charge is 2.49. The van der Waals surface area contributed by atoms with Crippen molar-refractivity contribution in [2.45, 2.75) is 38.0 Å². The first-order valence-electron chi connectivity index (χ1n) is 8.82. The van der Waals surface area contributed by atoms with E-state index in [0.29, 0.717) is 11.5 Å². The zero-order valence-electron chi connectivity index (χ0n) is 13.1. The summed E-state index contributed by atoms with van der Waals surface area (Å²) in [6.07, 6.45) is 6.75. The van der Waals surface area contributed by atoms with E-state index in [-0.39, 0.29) is 0 Å². The number of rotatable bonds is 2. The number of hydrogen-bond donors (Lipinski definition) is 1. The van der Waals surface area contributed by atoms with Gasteiger partial charge in [-0.15, -0.1) is 0 Å². The fraction of sp³-hybridized carbons (Fsp3) is 0.500. The highest BCUT2D eigenvalue weighted by molar-refractivity contribution is 6.02. The summed E-state index contributed by atoms with van der Waals surface area (Å²) < 4.78 is 0. The average Bonchev–Trinajstić information content (AvgIpc) is 2.53. The lowest BCUT2D eigenvalue weighted by molar-refractivity contribution is -0.00409. The van der Waals surface area contributed by atoms with E-state index >= 15 is 0 Å². The zero-order chi connectivity index (χ0) is 15.6. The van der Waals surface area contributed by atoms with Crippen molar-refractivity contribution in [3.8, 4) is 0 Å². The first-order valence-corrected chi connectivity index (χ1v) is 8.82. The Kier molecular flexibility index (Phi) is 2.82. The third-order valence-corrected chi connectivity index (χ3v) is 6.53. The van der Waals surface area contributed by atoms with Gasteiger partial charge in [0, 0.05) is 17.0 Å². The van der Waals surface area contributed by atoms with Crippen LogP contribution < -0.4 is 0 Å². The molecule has 118 valence electrons. The molecule has 0 amide bonds. The van der Waals surface area contributed by atoms with Crippen LogP contribution in [-0.4, -0.2) is 16.1 Å². The number of carboxylic acids is 1. The third-order valence-electron chi connectivity index (χ3n) is 6.53. The van der Waals surface area contributed by atoms with Crippen molar-refractivity contribution in [1.29, 1.82) is 0 Å². The molecule has 4 bridgehead atoms. The molecular formula is C20H21NO2. The summed E-state index contributed by atoms with van der Waals surface area (Å²) in [7, 11) is 0. The molecule has 0 unspecified atom stereocenters. The van der Waals surface area contributed by atoms with Crippen LogP contribution in [-0.2, 0) is 0 Å². The molecule has 4 fully saturated rings. The maximum atomic E-state index is 11.7. The Morgan fingerprint density at radius 2 is 1.65 bits per heavy atom. The largest absolute Gasteiger partial charge is 0.478 e. The van der Waals surface area contributed by atoms with Gasteiger partial charge in [-0.2, -0.15) is 0 Å². The molecule has 3 heteroatoms. The number of aromatic carboxylic acids is 1. The molecule has 0 radical (unpaired) electrons. The van der Waals surface area contributed by atoms with E-state index in [1.54, 1.807) is 0 Å². The van der Waals surface area contributed by atoms with Gasteiger partial charge in [-0.05, 0) is 67.9 Å². The fourth-order valence-corrected chi connectivity index (χ4v) is 5.95. The van der Waals surface area contributed by atoms with Gasteiger partial charge < -0.3 is 5.11 Å². The van der Waals surface area contributed by atoms with Crippen molar-refractivity contribution < 1.29 is 9.90 Å². The van der Waals surface area contributed by atoms with Gasteiger partial charge in [0.05, 0.1) is 11.1 Å². The lowest BCUT2D eigenvalue weighted by Gasteiger charge is -2.54. The number of pyridine rings is 1. The zero-order valence-corrected chi connectivity index (χ0v) is 13.1. The summed E-state index contributed by atoms with van der Waals surface area (Å²) >= 11 is 0. The Morgan fingerprint density at radius 3 is 2.30 bits per heavy atom. The molecule has 1 N–H and O–H groups in total. The first-order chi connectivity index (χ1) is 11.2. The Hall–Kier alpha value is -1.90. The van der Waals surface area contributed by atoms with Crippen molar-refractivity contribution in [2.24, 2.45) is 23.7 Å². The van der Waals surface area contributed by atoms with E-state index in [0.717, 1.165) is 40.3 Å². The molecule has 6 rings (SSSR count). The summed E-state index contributed by atoms with van der Waals surface area (Å²) in [6, 6.07) is 9.52. The first kappa shape index (κ1) is 13.5. The van der Waals surface area contributed by atoms with Gasteiger partial charge in [-0.1, -0.05) is 18.2 Å². The molecule has 23 heavy (non-hydrogen) atoms. The van der Waals surface area contributed by atoms with Gasteiger partial charge in [0.25, 0.3) is 0 Å². The number of aromatic nitrogens is 1. The minimum absolute atomic E-state index is 0.416. The highest BCUT2D eigenvalue weighted by Crippen LogP contribution is 2.59. The third kappa shape index (κ3) is 2.02. The van der Waals surface area contributed by atoms with Crippen LogP contribution in [0.5, 0.6) is 0 Å². The Bertz CT molecular complexity index is 769. The molecule has 0 saturated heterocycles. The average molecular weight is 307 g/mol. The van der Waals surface area contributed by atoms with E-state index in [1.807, 2.05) is 30.3 Å². The SMILES string of the molecule is O=C(O)c1cc(C2C3CC4CC(C3)CC2C4)nc2ccccc12. The molecule has 1 aromatic heterocycles. The van der Waals surface area contributed by atoms with Crippen molar-refractivity contribution in [3.05, 3.63) is 41.6 Å². The summed E-state index contributed by atoms with van der Waals surface area (Å²) in [4.78, 5) is 16.6.